The van der Waals surface area contributed by atoms with E-state index in [0.717, 1.165) is 23.2 Å². The quantitative estimate of drug-likeness (QED) is 0.367. The zero-order valence-corrected chi connectivity index (χ0v) is 14.1. The van der Waals surface area contributed by atoms with Crippen LogP contribution >= 0.6 is 0 Å². The number of amides is 1. The Hall–Kier alpha value is -2.81. The molecule has 0 radical (unpaired) electrons. The lowest BCUT2D eigenvalue weighted by Gasteiger charge is -2.09. The molecule has 0 aliphatic rings. The molecule has 24 heavy (non-hydrogen) atoms. The molecule has 1 rings (SSSR count). The summed E-state index contributed by atoms with van der Waals surface area (Å²) >= 11 is 0. The minimum Gasteiger partial charge on any atom is -0.481 e. The first-order chi connectivity index (χ1) is 11.5. The molecule has 6 heteroatoms. The normalized spacial score (nSPS) is 10.8. The number of nitrogens with one attached hydrogen (secondary N) is 2. The van der Waals surface area contributed by atoms with Crippen LogP contribution in [0.5, 0.6) is 0 Å². The highest BCUT2D eigenvalue weighted by atomic mass is 16.4. The lowest BCUT2D eigenvalue weighted by molar-refractivity contribution is -0.137. The average molecular weight is 329 g/mol. The Balaban J connectivity index is 2.47. The third-order valence-electron chi connectivity index (χ3n) is 3.69. The Bertz CT molecular complexity index is 660. The number of aryl methyl sites for hydroxylation is 1. The van der Waals surface area contributed by atoms with Crippen LogP contribution in [0.3, 0.4) is 0 Å². The van der Waals surface area contributed by atoms with Crippen LogP contribution in [-0.4, -0.2) is 23.5 Å². The number of carbonyl (C=O) groups is 2. The standard InChI is InChI=1S/C18H23N3O3/c1-13-7-6-8-16(14(13)2)21-12-15(11-19)18(24)20-10-5-3-4-9-17(22)23/h6-8,12,21H,3-5,9-10H2,1-2H3,(H,20,24)(H,22,23)/b15-12-. The summed E-state index contributed by atoms with van der Waals surface area (Å²) in [5, 5.41) is 23.3. The molecule has 0 aromatic heterocycles. The molecule has 0 saturated heterocycles. The van der Waals surface area contributed by atoms with E-state index in [-0.39, 0.29) is 12.0 Å². The number of anilines is 1. The van der Waals surface area contributed by atoms with Gasteiger partial charge in [0, 0.05) is 24.9 Å². The van der Waals surface area contributed by atoms with Gasteiger partial charge in [-0.3, -0.25) is 9.59 Å². The van der Waals surface area contributed by atoms with Crippen molar-refractivity contribution >= 4 is 17.6 Å². The molecule has 0 fully saturated rings. The van der Waals surface area contributed by atoms with Crippen LogP contribution in [0, 0.1) is 25.2 Å². The molecule has 1 aromatic carbocycles. The first kappa shape index (κ1) is 19.2. The number of aliphatic carboxylic acids is 1. The van der Waals surface area contributed by atoms with Crippen LogP contribution in [0.4, 0.5) is 5.69 Å². The largest absolute Gasteiger partial charge is 0.481 e. The summed E-state index contributed by atoms with van der Waals surface area (Å²) < 4.78 is 0. The highest BCUT2D eigenvalue weighted by Gasteiger charge is 2.08. The van der Waals surface area contributed by atoms with Gasteiger partial charge in [-0.1, -0.05) is 18.6 Å². The van der Waals surface area contributed by atoms with E-state index in [1.807, 2.05) is 38.1 Å². The monoisotopic (exact) mass is 329 g/mol. The van der Waals surface area contributed by atoms with Crippen LogP contribution in [-0.2, 0) is 9.59 Å². The maximum atomic E-state index is 12.0. The van der Waals surface area contributed by atoms with Crippen LogP contribution in [0.25, 0.3) is 0 Å². The van der Waals surface area contributed by atoms with Gasteiger partial charge in [0.25, 0.3) is 5.91 Å². The Morgan fingerprint density at radius 2 is 2.00 bits per heavy atom. The van der Waals surface area contributed by atoms with E-state index >= 15 is 0 Å². The van der Waals surface area contributed by atoms with E-state index in [9.17, 15) is 9.59 Å². The number of hydrogen-bond donors (Lipinski definition) is 3. The summed E-state index contributed by atoms with van der Waals surface area (Å²) in [5.41, 5.74) is 3.04. The molecule has 0 spiro atoms. The molecule has 128 valence electrons. The average Bonchev–Trinajstić information content (AvgIpc) is 2.54. The van der Waals surface area contributed by atoms with Crippen LogP contribution in [0.2, 0.25) is 0 Å². The fourth-order valence-corrected chi connectivity index (χ4v) is 2.08. The van der Waals surface area contributed by atoms with Crippen molar-refractivity contribution in [3.05, 3.63) is 41.1 Å². The predicted molar refractivity (Wildman–Crippen MR) is 92.3 cm³/mol. The topological polar surface area (TPSA) is 102 Å². The van der Waals surface area contributed by atoms with Crippen molar-refractivity contribution in [2.24, 2.45) is 0 Å². The molecule has 0 saturated carbocycles. The van der Waals surface area contributed by atoms with Gasteiger partial charge < -0.3 is 15.7 Å². The summed E-state index contributed by atoms with van der Waals surface area (Å²) in [6.45, 7) is 4.38. The molecule has 0 aliphatic carbocycles. The van der Waals surface area contributed by atoms with Gasteiger partial charge in [-0.05, 0) is 43.9 Å². The third kappa shape index (κ3) is 6.53. The zero-order valence-electron chi connectivity index (χ0n) is 14.1. The van der Waals surface area contributed by atoms with E-state index in [4.69, 9.17) is 10.4 Å². The van der Waals surface area contributed by atoms with Crippen molar-refractivity contribution in [1.29, 1.82) is 5.26 Å². The number of carbonyl (C=O) groups excluding carboxylic acids is 1. The molecule has 0 heterocycles. The van der Waals surface area contributed by atoms with E-state index in [1.165, 1.54) is 6.20 Å². The van der Waals surface area contributed by atoms with Gasteiger partial charge >= 0.3 is 5.97 Å². The number of carboxylic acids is 1. The zero-order chi connectivity index (χ0) is 17.9. The molecule has 0 bridgehead atoms. The third-order valence-corrected chi connectivity index (χ3v) is 3.69. The minimum atomic E-state index is -0.814. The van der Waals surface area contributed by atoms with E-state index in [1.54, 1.807) is 0 Å². The van der Waals surface area contributed by atoms with Crippen LogP contribution in [0.15, 0.2) is 30.0 Å². The maximum Gasteiger partial charge on any atom is 0.303 e. The Morgan fingerprint density at radius 3 is 2.67 bits per heavy atom. The van der Waals surface area contributed by atoms with Crippen molar-refractivity contribution in [2.45, 2.75) is 39.5 Å². The smallest absolute Gasteiger partial charge is 0.303 e. The van der Waals surface area contributed by atoms with Gasteiger partial charge in [-0.25, -0.2) is 0 Å². The molecular weight excluding hydrogens is 306 g/mol. The Labute approximate surface area is 142 Å². The van der Waals surface area contributed by atoms with E-state index in [0.29, 0.717) is 19.4 Å². The highest BCUT2D eigenvalue weighted by molar-refractivity contribution is 5.97. The van der Waals surface area contributed by atoms with Crippen molar-refractivity contribution < 1.29 is 14.7 Å². The number of rotatable bonds is 9. The SMILES string of the molecule is Cc1cccc(N/C=C(/C#N)C(=O)NCCCCCC(=O)O)c1C. The molecule has 0 unspecified atom stereocenters. The van der Waals surface area contributed by atoms with E-state index in [2.05, 4.69) is 10.6 Å². The van der Waals surface area contributed by atoms with Gasteiger partial charge in [-0.2, -0.15) is 5.26 Å². The maximum absolute atomic E-state index is 12.0. The second-order valence-corrected chi connectivity index (χ2v) is 5.52. The van der Waals surface area contributed by atoms with Crippen molar-refractivity contribution in [3.8, 4) is 6.07 Å². The number of benzene rings is 1. The molecular formula is C18H23N3O3. The molecule has 1 aromatic rings. The Kier molecular flexibility index (Phi) is 8.06. The van der Waals surface area contributed by atoms with Crippen molar-refractivity contribution in [1.82, 2.24) is 5.32 Å². The highest BCUT2D eigenvalue weighted by Crippen LogP contribution is 2.18. The summed E-state index contributed by atoms with van der Waals surface area (Å²) in [5.74, 6) is -1.25. The fourth-order valence-electron chi connectivity index (χ4n) is 2.08. The lowest BCUT2D eigenvalue weighted by Crippen LogP contribution is -2.26. The van der Waals surface area contributed by atoms with Gasteiger partial charge in [-0.15, -0.1) is 0 Å². The minimum absolute atomic E-state index is 0.00134. The summed E-state index contributed by atoms with van der Waals surface area (Å²) in [6.07, 6.45) is 3.53. The fraction of sp³-hybridized carbons (Fsp3) is 0.389. The number of carboxylic acid groups (broad SMARTS) is 1. The Morgan fingerprint density at radius 1 is 1.25 bits per heavy atom. The molecule has 0 atom stereocenters. The summed E-state index contributed by atoms with van der Waals surface area (Å²) in [7, 11) is 0. The van der Waals surface area contributed by atoms with Gasteiger partial charge in [0.15, 0.2) is 0 Å². The summed E-state index contributed by atoms with van der Waals surface area (Å²) in [4.78, 5) is 22.3. The lowest BCUT2D eigenvalue weighted by atomic mass is 10.1. The van der Waals surface area contributed by atoms with Crippen molar-refractivity contribution in [2.75, 3.05) is 11.9 Å². The first-order valence-corrected chi connectivity index (χ1v) is 7.88. The van der Waals surface area contributed by atoms with E-state index < -0.39 is 11.9 Å². The van der Waals surface area contributed by atoms with Crippen LogP contribution in [0.1, 0.15) is 36.8 Å². The van der Waals surface area contributed by atoms with Crippen LogP contribution < -0.4 is 10.6 Å². The number of nitrogens with zero attached hydrogens (tertiary/aromatic N) is 1. The molecule has 0 aliphatic heterocycles. The molecule has 3 N–H and O–H groups in total. The molecule has 1 amide bonds. The second-order valence-electron chi connectivity index (χ2n) is 5.52. The first-order valence-electron chi connectivity index (χ1n) is 7.88. The number of hydrogen-bond acceptors (Lipinski definition) is 4. The summed E-state index contributed by atoms with van der Waals surface area (Å²) in [6, 6.07) is 7.66. The van der Waals surface area contributed by atoms with Crippen molar-refractivity contribution in [3.63, 3.8) is 0 Å². The van der Waals surface area contributed by atoms with Gasteiger partial charge in [0.1, 0.15) is 11.6 Å². The van der Waals surface area contributed by atoms with Gasteiger partial charge in [0.2, 0.25) is 0 Å². The predicted octanol–water partition coefficient (Wildman–Crippen LogP) is 2.88. The second kappa shape index (κ2) is 10.1. The molecule has 6 nitrogen and oxygen atoms in total. The number of unbranched alkanes of at least 4 members (excludes halogenated alkanes) is 2. The van der Waals surface area contributed by atoms with Gasteiger partial charge in [0.05, 0.1) is 0 Å². The number of nitriles is 1.